The molecule has 0 saturated carbocycles. The third kappa shape index (κ3) is 3.75. The van der Waals surface area contributed by atoms with E-state index in [1.165, 1.54) is 27.1 Å². The second-order valence-corrected chi connectivity index (χ2v) is 11.0. The zero-order valence-electron chi connectivity index (χ0n) is 28.7. The van der Waals surface area contributed by atoms with Gasteiger partial charge in [0.2, 0.25) is 0 Å². The van der Waals surface area contributed by atoms with Crippen molar-refractivity contribution < 1.29 is 6.85 Å². The molecule has 0 aliphatic heterocycles. The molecule has 0 aliphatic rings. The molecule has 2 aromatic heterocycles. The van der Waals surface area contributed by atoms with Crippen molar-refractivity contribution in [2.75, 3.05) is 0 Å². The minimum absolute atomic E-state index is 0.203. The van der Waals surface area contributed by atoms with Crippen molar-refractivity contribution in [2.24, 2.45) is 0 Å². The largest absolute Gasteiger partial charge is 0.309 e. The van der Waals surface area contributed by atoms with E-state index in [1.807, 2.05) is 24.3 Å². The first-order valence-electron chi connectivity index (χ1n) is 17.2. The summed E-state index contributed by atoms with van der Waals surface area (Å²) in [6.07, 6.45) is 0. The van der Waals surface area contributed by atoms with Crippen molar-refractivity contribution >= 4 is 43.6 Å². The summed E-state index contributed by atoms with van der Waals surface area (Å²) in [4.78, 5) is 0. The first kappa shape index (κ1) is 20.1. The van der Waals surface area contributed by atoms with Crippen molar-refractivity contribution in [3.63, 3.8) is 0 Å². The third-order valence-corrected chi connectivity index (χ3v) is 8.60. The summed E-state index contributed by atoms with van der Waals surface area (Å²) in [6.45, 7) is 0. The number of nitrogens with zero attached hydrogens (tertiary/aromatic N) is 2. The van der Waals surface area contributed by atoms with Crippen molar-refractivity contribution in [2.45, 2.75) is 0 Å². The topological polar surface area (TPSA) is 9.86 Å². The molecule has 0 unspecified atom stereocenters. The van der Waals surface area contributed by atoms with Crippen LogP contribution in [0.5, 0.6) is 0 Å². The summed E-state index contributed by atoms with van der Waals surface area (Å²) in [6, 6.07) is 46.6. The standard InChI is InChI=1S/C42H28N2/c1-3-12-29(13-4-1)31-14-11-15-32(28-31)30-22-24-34(25-23-30)44-38-21-10-8-19-36(38)42-40(44)27-26-39-41(42)35-18-7-9-20-37(35)43(39)33-16-5-2-6-17-33/h1-28H/i1D,3D,4D,12D,13D. The lowest BCUT2D eigenvalue weighted by Crippen LogP contribution is -1.94. The van der Waals surface area contributed by atoms with Crippen LogP contribution >= 0.6 is 0 Å². The van der Waals surface area contributed by atoms with Gasteiger partial charge in [-0.25, -0.2) is 0 Å². The highest BCUT2D eigenvalue weighted by atomic mass is 15.0. The molecule has 2 heterocycles. The smallest absolute Gasteiger partial charge is 0.0629 e. The molecule has 2 nitrogen and oxygen atoms in total. The zero-order chi connectivity index (χ0) is 33.4. The maximum absolute atomic E-state index is 8.45. The van der Waals surface area contributed by atoms with Gasteiger partial charge in [-0.1, -0.05) is 115 Å². The van der Waals surface area contributed by atoms with Crippen LogP contribution in [0.25, 0.3) is 77.2 Å². The maximum Gasteiger partial charge on any atom is 0.0629 e. The van der Waals surface area contributed by atoms with Gasteiger partial charge in [0.1, 0.15) is 0 Å². The Hall–Kier alpha value is -5.86. The summed E-state index contributed by atoms with van der Waals surface area (Å²) in [5.41, 5.74) is 9.39. The minimum atomic E-state index is -0.391. The molecule has 0 radical (unpaired) electrons. The molecule has 44 heavy (non-hydrogen) atoms. The van der Waals surface area contributed by atoms with Crippen molar-refractivity contribution in [1.29, 1.82) is 0 Å². The fourth-order valence-electron chi connectivity index (χ4n) is 6.70. The van der Waals surface area contributed by atoms with E-state index in [4.69, 9.17) is 6.85 Å². The van der Waals surface area contributed by atoms with Gasteiger partial charge in [-0.15, -0.1) is 0 Å². The third-order valence-electron chi connectivity index (χ3n) is 8.60. The van der Waals surface area contributed by atoms with Gasteiger partial charge in [0.05, 0.1) is 28.9 Å². The molecule has 0 atom stereocenters. The average Bonchev–Trinajstić information content (AvgIpc) is 3.67. The lowest BCUT2D eigenvalue weighted by molar-refractivity contribution is 1.17. The van der Waals surface area contributed by atoms with Gasteiger partial charge in [-0.2, -0.15) is 0 Å². The SMILES string of the molecule is [2H]c1c([2H])c([2H])c(-c2cccc(-c3ccc(-n4c5ccccc5c5c6c7ccccc7n(-c7ccccc7)c6ccc54)cc3)c2)c([2H])c1[2H]. The minimum Gasteiger partial charge on any atom is -0.309 e. The predicted octanol–water partition coefficient (Wildman–Crippen LogP) is 11.2. The molecule has 0 amide bonds. The molecule has 0 bridgehead atoms. The molecule has 0 spiro atoms. The average molecular weight is 566 g/mol. The number of para-hydroxylation sites is 3. The molecule has 9 rings (SSSR count). The summed E-state index contributed by atoms with van der Waals surface area (Å²) in [5.74, 6) is 0. The number of benzene rings is 7. The summed E-state index contributed by atoms with van der Waals surface area (Å²) < 4.78 is 45.8. The second kappa shape index (κ2) is 9.86. The van der Waals surface area contributed by atoms with E-state index in [1.54, 1.807) is 6.07 Å². The molecular weight excluding hydrogens is 532 g/mol. The van der Waals surface area contributed by atoms with Gasteiger partial charge in [0.25, 0.3) is 0 Å². The quantitative estimate of drug-likeness (QED) is 0.201. The Balaban J connectivity index is 1.21. The Morgan fingerprint density at radius 2 is 0.886 bits per heavy atom. The van der Waals surface area contributed by atoms with Crippen LogP contribution in [0.3, 0.4) is 0 Å². The van der Waals surface area contributed by atoms with Crippen LogP contribution in [0.1, 0.15) is 6.85 Å². The van der Waals surface area contributed by atoms with Gasteiger partial charge in [0, 0.05) is 32.9 Å². The highest BCUT2D eigenvalue weighted by Crippen LogP contribution is 2.42. The fraction of sp³-hybridized carbons (Fsp3) is 0. The van der Waals surface area contributed by atoms with Crippen molar-refractivity contribution in [3.05, 3.63) is 170 Å². The van der Waals surface area contributed by atoms with E-state index in [-0.39, 0.29) is 29.7 Å². The van der Waals surface area contributed by atoms with Gasteiger partial charge in [-0.05, 0) is 76.9 Å². The van der Waals surface area contributed by atoms with Crippen LogP contribution in [0, 0.1) is 0 Å². The Morgan fingerprint density at radius 3 is 1.50 bits per heavy atom. The van der Waals surface area contributed by atoms with Gasteiger partial charge in [0.15, 0.2) is 0 Å². The molecule has 9 aromatic rings. The predicted molar refractivity (Wildman–Crippen MR) is 186 cm³/mol. The molecule has 7 aromatic carbocycles. The number of rotatable bonds is 4. The van der Waals surface area contributed by atoms with Crippen LogP contribution < -0.4 is 0 Å². The van der Waals surface area contributed by atoms with Crippen LogP contribution in [0.2, 0.25) is 0 Å². The van der Waals surface area contributed by atoms with Crippen LogP contribution in [-0.4, -0.2) is 9.13 Å². The van der Waals surface area contributed by atoms with Crippen molar-refractivity contribution in [1.82, 2.24) is 9.13 Å². The Labute approximate surface area is 262 Å². The molecule has 206 valence electrons. The zero-order valence-corrected chi connectivity index (χ0v) is 23.7. The monoisotopic (exact) mass is 565 g/mol. The van der Waals surface area contributed by atoms with E-state index in [0.717, 1.165) is 39.1 Å². The molecule has 0 N–H and O–H groups in total. The highest BCUT2D eigenvalue weighted by Gasteiger charge is 2.20. The van der Waals surface area contributed by atoms with Crippen molar-refractivity contribution in [3.8, 4) is 33.6 Å². The van der Waals surface area contributed by atoms with E-state index in [9.17, 15) is 0 Å². The van der Waals surface area contributed by atoms with Gasteiger partial charge < -0.3 is 9.13 Å². The van der Waals surface area contributed by atoms with Crippen LogP contribution in [0.4, 0.5) is 0 Å². The van der Waals surface area contributed by atoms with Crippen LogP contribution in [-0.2, 0) is 0 Å². The van der Waals surface area contributed by atoms with E-state index in [2.05, 4.69) is 118 Å². The van der Waals surface area contributed by atoms with E-state index < -0.39 is 6.04 Å². The molecule has 2 heteroatoms. The molecule has 0 fully saturated rings. The lowest BCUT2D eigenvalue weighted by Gasteiger charge is -2.11. The van der Waals surface area contributed by atoms with Gasteiger partial charge in [-0.3, -0.25) is 0 Å². The van der Waals surface area contributed by atoms with Crippen LogP contribution in [0.15, 0.2) is 170 Å². The fourth-order valence-corrected chi connectivity index (χ4v) is 6.70. The molecule has 0 aliphatic carbocycles. The Morgan fingerprint density at radius 1 is 0.364 bits per heavy atom. The molecule has 0 saturated heterocycles. The normalized spacial score (nSPS) is 13.2. The maximum atomic E-state index is 8.45. The highest BCUT2D eigenvalue weighted by molar-refractivity contribution is 6.28. The first-order valence-corrected chi connectivity index (χ1v) is 14.7. The summed E-state index contributed by atoms with van der Waals surface area (Å²) in [5, 5.41) is 4.85. The molecular formula is C42H28N2. The Bertz CT molecular complexity index is 2730. The Kier molecular flexibility index (Phi) is 4.51. The number of hydrogen-bond donors (Lipinski definition) is 0. The van der Waals surface area contributed by atoms with Gasteiger partial charge >= 0.3 is 0 Å². The second-order valence-electron chi connectivity index (χ2n) is 11.0. The summed E-state index contributed by atoms with van der Waals surface area (Å²) >= 11 is 0. The number of aromatic nitrogens is 2. The number of fused-ring (bicyclic) bond motifs is 7. The lowest BCUT2D eigenvalue weighted by atomic mass is 9.99. The van der Waals surface area contributed by atoms with E-state index in [0.29, 0.717) is 5.56 Å². The number of hydrogen-bond acceptors (Lipinski definition) is 0. The first-order chi connectivity index (χ1) is 23.9. The van der Waals surface area contributed by atoms with E-state index >= 15 is 0 Å². The summed E-state index contributed by atoms with van der Waals surface area (Å²) in [7, 11) is 0.